The average molecular weight is 234 g/mol. The number of nitrogens with one attached hydrogen (secondary N) is 1. The molecule has 5 heteroatoms. The fraction of sp³-hybridized carbons (Fsp3) is 0.333. The molecule has 1 rings (SSSR count). The Kier molecular flexibility index (Phi) is 4.82. The zero-order valence-electron chi connectivity index (χ0n) is 9.82. The highest BCUT2D eigenvalue weighted by molar-refractivity contribution is 5.68. The summed E-state index contributed by atoms with van der Waals surface area (Å²) in [5.74, 6) is 5.77. The van der Waals surface area contributed by atoms with Crippen LogP contribution in [0, 0.1) is 22.0 Å². The van der Waals surface area contributed by atoms with Crippen LogP contribution >= 0.6 is 0 Å². The first kappa shape index (κ1) is 12.8. The van der Waals surface area contributed by atoms with E-state index in [9.17, 15) is 10.1 Å². The van der Waals surface area contributed by atoms with E-state index in [1.54, 1.807) is 32.0 Å². The number of rotatable bonds is 5. The van der Waals surface area contributed by atoms with Gasteiger partial charge in [-0.3, -0.25) is 10.1 Å². The predicted octanol–water partition coefficient (Wildman–Crippen LogP) is 2.43. The summed E-state index contributed by atoms with van der Waals surface area (Å²) in [4.78, 5) is 10.5. The molecule has 1 aromatic rings. The molecule has 0 aromatic heterocycles. The molecule has 0 heterocycles. The van der Waals surface area contributed by atoms with Crippen molar-refractivity contribution in [2.45, 2.75) is 13.8 Å². The van der Waals surface area contributed by atoms with E-state index in [0.717, 1.165) is 0 Å². The Morgan fingerprint density at radius 3 is 2.88 bits per heavy atom. The number of anilines is 1. The molecule has 1 aromatic carbocycles. The summed E-state index contributed by atoms with van der Waals surface area (Å²) in [6.07, 6.45) is 0. The minimum Gasteiger partial charge on any atom is -0.487 e. The molecule has 5 nitrogen and oxygen atoms in total. The van der Waals surface area contributed by atoms with Crippen molar-refractivity contribution >= 4 is 11.4 Å². The summed E-state index contributed by atoms with van der Waals surface area (Å²) >= 11 is 0. The molecule has 0 saturated heterocycles. The molecule has 0 aliphatic carbocycles. The third-order valence-electron chi connectivity index (χ3n) is 2.03. The van der Waals surface area contributed by atoms with Gasteiger partial charge in [-0.25, -0.2) is 0 Å². The van der Waals surface area contributed by atoms with Gasteiger partial charge in [0.2, 0.25) is 0 Å². The Balaban J connectivity index is 3.04. The molecule has 0 aliphatic heterocycles. The summed E-state index contributed by atoms with van der Waals surface area (Å²) in [6.45, 7) is 4.26. The number of ether oxygens (including phenoxy) is 1. The van der Waals surface area contributed by atoms with Crippen LogP contribution in [0.2, 0.25) is 0 Å². The Hall–Kier alpha value is -2.22. The molecule has 0 amide bonds. The molecule has 0 spiro atoms. The first-order chi connectivity index (χ1) is 8.20. The maximum atomic E-state index is 11.0. The lowest BCUT2D eigenvalue weighted by atomic mass is 10.2. The van der Waals surface area contributed by atoms with Gasteiger partial charge in [-0.1, -0.05) is 12.0 Å². The molecule has 90 valence electrons. The number of nitro groups is 1. The van der Waals surface area contributed by atoms with Crippen molar-refractivity contribution in [3.63, 3.8) is 0 Å². The molecular formula is C12H14N2O3. The average Bonchev–Trinajstić information content (AvgIpc) is 2.29. The minimum absolute atomic E-state index is 0.0488. The molecule has 0 bridgehead atoms. The van der Waals surface area contributed by atoms with E-state index in [0.29, 0.717) is 18.8 Å². The van der Waals surface area contributed by atoms with Crippen molar-refractivity contribution in [3.05, 3.63) is 28.3 Å². The van der Waals surface area contributed by atoms with Crippen molar-refractivity contribution in [2.24, 2.45) is 0 Å². The van der Waals surface area contributed by atoms with Crippen LogP contribution in [0.4, 0.5) is 11.4 Å². The Bertz CT molecular complexity index is 461. The van der Waals surface area contributed by atoms with Crippen LogP contribution in [0.15, 0.2) is 18.2 Å². The zero-order chi connectivity index (χ0) is 12.7. The van der Waals surface area contributed by atoms with E-state index in [4.69, 9.17) is 4.74 Å². The van der Waals surface area contributed by atoms with Crippen molar-refractivity contribution in [1.29, 1.82) is 0 Å². The maximum absolute atomic E-state index is 11.0. The van der Waals surface area contributed by atoms with Crippen molar-refractivity contribution in [1.82, 2.24) is 0 Å². The second-order valence-corrected chi connectivity index (χ2v) is 3.12. The molecule has 0 fully saturated rings. The maximum Gasteiger partial charge on any atom is 0.333 e. The van der Waals surface area contributed by atoms with Crippen LogP contribution in [-0.2, 0) is 0 Å². The molecule has 17 heavy (non-hydrogen) atoms. The number of hydrogen-bond acceptors (Lipinski definition) is 4. The monoisotopic (exact) mass is 234 g/mol. The molecule has 0 aliphatic rings. The van der Waals surface area contributed by atoms with Gasteiger partial charge in [-0.2, -0.15) is 0 Å². The van der Waals surface area contributed by atoms with Crippen molar-refractivity contribution in [3.8, 4) is 17.6 Å². The SMILES string of the molecule is CC#CCNc1cccc(OCC)c1[N+](=O)[O-]. The largest absolute Gasteiger partial charge is 0.487 e. The number of nitro benzene ring substituents is 1. The third-order valence-corrected chi connectivity index (χ3v) is 2.03. The van der Waals surface area contributed by atoms with E-state index in [-0.39, 0.29) is 11.4 Å². The van der Waals surface area contributed by atoms with E-state index < -0.39 is 4.92 Å². The van der Waals surface area contributed by atoms with Crippen LogP contribution in [0.5, 0.6) is 5.75 Å². The Labute approximate surface area is 99.9 Å². The lowest BCUT2D eigenvalue weighted by Gasteiger charge is -2.08. The van der Waals surface area contributed by atoms with Gasteiger partial charge in [0, 0.05) is 0 Å². The number of para-hydroxylation sites is 1. The molecule has 0 unspecified atom stereocenters. The molecule has 1 N–H and O–H groups in total. The molecular weight excluding hydrogens is 220 g/mol. The second-order valence-electron chi connectivity index (χ2n) is 3.12. The number of hydrogen-bond donors (Lipinski definition) is 1. The van der Waals surface area contributed by atoms with E-state index >= 15 is 0 Å². The first-order valence-corrected chi connectivity index (χ1v) is 5.24. The van der Waals surface area contributed by atoms with Crippen LogP contribution in [0.3, 0.4) is 0 Å². The minimum atomic E-state index is -0.452. The van der Waals surface area contributed by atoms with Gasteiger partial charge in [0.05, 0.1) is 18.1 Å². The zero-order valence-corrected chi connectivity index (χ0v) is 9.82. The van der Waals surface area contributed by atoms with E-state index in [2.05, 4.69) is 17.2 Å². The van der Waals surface area contributed by atoms with E-state index in [1.807, 2.05) is 0 Å². The highest BCUT2D eigenvalue weighted by atomic mass is 16.6. The molecule has 0 radical (unpaired) electrons. The first-order valence-electron chi connectivity index (χ1n) is 5.24. The fourth-order valence-corrected chi connectivity index (χ4v) is 1.35. The van der Waals surface area contributed by atoms with Crippen LogP contribution < -0.4 is 10.1 Å². The van der Waals surface area contributed by atoms with Crippen molar-refractivity contribution in [2.75, 3.05) is 18.5 Å². The van der Waals surface area contributed by atoms with Crippen LogP contribution in [0.1, 0.15) is 13.8 Å². The van der Waals surface area contributed by atoms with Gasteiger partial charge in [0.25, 0.3) is 0 Å². The lowest BCUT2D eigenvalue weighted by molar-refractivity contribution is -0.384. The predicted molar refractivity (Wildman–Crippen MR) is 66.2 cm³/mol. The molecule has 0 saturated carbocycles. The summed E-state index contributed by atoms with van der Waals surface area (Å²) in [5.41, 5.74) is 0.371. The van der Waals surface area contributed by atoms with Gasteiger partial charge in [0.15, 0.2) is 5.75 Å². The quantitative estimate of drug-likeness (QED) is 0.482. The lowest BCUT2D eigenvalue weighted by Crippen LogP contribution is -2.04. The van der Waals surface area contributed by atoms with E-state index in [1.165, 1.54) is 0 Å². The Morgan fingerprint density at radius 1 is 1.53 bits per heavy atom. The summed E-state index contributed by atoms with van der Waals surface area (Å²) in [5, 5.41) is 13.9. The normalized spacial score (nSPS) is 9.06. The summed E-state index contributed by atoms with van der Waals surface area (Å²) in [7, 11) is 0. The third kappa shape index (κ3) is 3.38. The molecule has 0 atom stereocenters. The van der Waals surface area contributed by atoms with Gasteiger partial charge in [-0.05, 0) is 26.0 Å². The topological polar surface area (TPSA) is 64.4 Å². The highest BCUT2D eigenvalue weighted by Gasteiger charge is 2.20. The number of nitrogens with zero attached hydrogens (tertiary/aromatic N) is 1. The van der Waals surface area contributed by atoms with Crippen LogP contribution in [-0.4, -0.2) is 18.1 Å². The smallest absolute Gasteiger partial charge is 0.333 e. The second kappa shape index (κ2) is 6.38. The Morgan fingerprint density at radius 2 is 2.29 bits per heavy atom. The highest BCUT2D eigenvalue weighted by Crippen LogP contribution is 2.34. The fourth-order valence-electron chi connectivity index (χ4n) is 1.35. The summed E-state index contributed by atoms with van der Waals surface area (Å²) in [6, 6.07) is 4.93. The summed E-state index contributed by atoms with van der Waals surface area (Å²) < 4.78 is 5.23. The number of benzene rings is 1. The van der Waals surface area contributed by atoms with Crippen molar-refractivity contribution < 1.29 is 9.66 Å². The van der Waals surface area contributed by atoms with Gasteiger partial charge < -0.3 is 10.1 Å². The van der Waals surface area contributed by atoms with Gasteiger partial charge in [-0.15, -0.1) is 5.92 Å². The standard InChI is InChI=1S/C12H14N2O3/c1-3-5-9-13-10-7-6-8-11(17-4-2)12(10)14(15)16/h6-8,13H,4,9H2,1-2H3. The van der Waals surface area contributed by atoms with Crippen LogP contribution in [0.25, 0.3) is 0 Å². The van der Waals surface area contributed by atoms with Gasteiger partial charge in [0.1, 0.15) is 5.69 Å². The van der Waals surface area contributed by atoms with Gasteiger partial charge >= 0.3 is 5.69 Å².